The minimum Gasteiger partial charge on any atom is -0.454 e. The zero-order chi connectivity index (χ0) is 19.0. The van der Waals surface area contributed by atoms with E-state index in [-0.39, 0.29) is 18.1 Å². The van der Waals surface area contributed by atoms with Gasteiger partial charge in [0, 0.05) is 31.4 Å². The molecule has 4 heterocycles. The van der Waals surface area contributed by atoms with Gasteiger partial charge in [-0.2, -0.15) is 0 Å². The number of carbonyl (C=O) groups excluding carboxylic acids is 1. The van der Waals surface area contributed by atoms with E-state index >= 15 is 0 Å². The van der Waals surface area contributed by atoms with Crippen molar-refractivity contribution < 1.29 is 19.0 Å². The smallest absolute Gasteiger partial charge is 0.252 e. The van der Waals surface area contributed by atoms with Gasteiger partial charge in [-0.15, -0.1) is 10.2 Å². The van der Waals surface area contributed by atoms with E-state index in [0.29, 0.717) is 31.0 Å². The van der Waals surface area contributed by atoms with Crippen LogP contribution in [-0.4, -0.2) is 47.1 Å². The van der Waals surface area contributed by atoms with Gasteiger partial charge in [-0.05, 0) is 42.7 Å². The van der Waals surface area contributed by atoms with Crippen LogP contribution < -0.4 is 14.8 Å². The number of pyridine rings is 1. The quantitative estimate of drug-likeness (QED) is 0.744. The predicted octanol–water partition coefficient (Wildman–Crippen LogP) is 1.94. The van der Waals surface area contributed by atoms with Crippen LogP contribution in [0.3, 0.4) is 0 Å². The largest absolute Gasteiger partial charge is 0.454 e. The lowest BCUT2D eigenvalue weighted by Crippen LogP contribution is -2.44. The maximum atomic E-state index is 12.8. The molecule has 144 valence electrons. The van der Waals surface area contributed by atoms with E-state index in [1.807, 2.05) is 12.1 Å². The summed E-state index contributed by atoms with van der Waals surface area (Å²) >= 11 is 0. The van der Waals surface area contributed by atoms with Gasteiger partial charge in [0.25, 0.3) is 5.91 Å². The van der Waals surface area contributed by atoms with Gasteiger partial charge in [0.15, 0.2) is 17.1 Å². The maximum absolute atomic E-state index is 12.8. The number of ether oxygens (including phenoxy) is 3. The highest BCUT2D eigenvalue weighted by Gasteiger charge is 2.36. The second kappa shape index (κ2) is 6.79. The van der Waals surface area contributed by atoms with Gasteiger partial charge >= 0.3 is 0 Å². The number of aromatic nitrogens is 3. The average molecular weight is 380 g/mol. The molecule has 2 aromatic heterocycles. The van der Waals surface area contributed by atoms with Gasteiger partial charge in [0.05, 0.1) is 5.56 Å². The Bertz CT molecular complexity index is 1030. The van der Waals surface area contributed by atoms with Crippen LogP contribution in [0.15, 0.2) is 42.9 Å². The summed E-state index contributed by atoms with van der Waals surface area (Å²) in [6.07, 6.45) is 4.98. The van der Waals surface area contributed by atoms with Crippen LogP contribution in [0, 0.1) is 0 Å². The first-order chi connectivity index (χ1) is 13.7. The zero-order valence-corrected chi connectivity index (χ0v) is 15.3. The molecule has 0 atom stereocenters. The molecule has 0 aliphatic carbocycles. The number of amides is 1. The van der Waals surface area contributed by atoms with Crippen LogP contribution in [0.25, 0.3) is 5.65 Å². The molecule has 0 bridgehead atoms. The van der Waals surface area contributed by atoms with E-state index in [9.17, 15) is 4.79 Å². The summed E-state index contributed by atoms with van der Waals surface area (Å²) in [6, 6.07) is 9.58. The van der Waals surface area contributed by atoms with Gasteiger partial charge in [0.2, 0.25) is 6.79 Å². The first-order valence-electron chi connectivity index (χ1n) is 9.29. The number of rotatable bonds is 4. The number of nitrogens with one attached hydrogen (secondary N) is 1. The Kier molecular flexibility index (Phi) is 4.12. The maximum Gasteiger partial charge on any atom is 0.252 e. The highest BCUT2D eigenvalue weighted by atomic mass is 16.7. The fraction of sp³-hybridized carbons (Fsp3) is 0.350. The van der Waals surface area contributed by atoms with E-state index in [4.69, 9.17) is 14.2 Å². The molecule has 8 heteroatoms. The normalized spacial score (nSPS) is 17.6. The lowest BCUT2D eigenvalue weighted by atomic mass is 9.74. The number of hydrogen-bond donors (Lipinski definition) is 1. The molecule has 1 fully saturated rings. The summed E-state index contributed by atoms with van der Waals surface area (Å²) in [6.45, 7) is 2.10. The van der Waals surface area contributed by atoms with Crippen molar-refractivity contribution in [2.45, 2.75) is 18.3 Å². The molecule has 2 aliphatic heterocycles. The van der Waals surface area contributed by atoms with E-state index < -0.39 is 0 Å². The highest BCUT2D eigenvalue weighted by Crippen LogP contribution is 2.40. The molecule has 8 nitrogen and oxygen atoms in total. The Balaban J connectivity index is 1.38. The predicted molar refractivity (Wildman–Crippen MR) is 99.6 cm³/mol. The number of nitrogens with zero attached hydrogens (tertiary/aromatic N) is 3. The van der Waals surface area contributed by atoms with Gasteiger partial charge in [-0.3, -0.25) is 9.20 Å². The number of benzene rings is 1. The van der Waals surface area contributed by atoms with Crippen molar-refractivity contribution >= 4 is 11.6 Å². The number of carbonyl (C=O) groups is 1. The first-order valence-corrected chi connectivity index (χ1v) is 9.29. The first kappa shape index (κ1) is 17.0. The molecule has 1 saturated heterocycles. The summed E-state index contributed by atoms with van der Waals surface area (Å²) in [5, 5.41) is 10.9. The molecule has 5 rings (SSSR count). The second-order valence-electron chi connectivity index (χ2n) is 7.16. The Hall–Kier alpha value is -3.13. The van der Waals surface area contributed by atoms with Crippen molar-refractivity contribution in [1.82, 2.24) is 19.9 Å². The molecule has 0 spiro atoms. The Morgan fingerprint density at radius 1 is 1.14 bits per heavy atom. The lowest BCUT2D eigenvalue weighted by molar-refractivity contribution is 0.0486. The summed E-state index contributed by atoms with van der Waals surface area (Å²) in [7, 11) is 0. The summed E-state index contributed by atoms with van der Waals surface area (Å²) in [4.78, 5) is 12.8. The molecule has 3 aromatic rings. The van der Waals surface area contributed by atoms with Crippen LogP contribution in [0.2, 0.25) is 0 Å². The fourth-order valence-electron chi connectivity index (χ4n) is 3.87. The molecule has 0 saturated carbocycles. The van der Waals surface area contributed by atoms with E-state index in [1.165, 1.54) is 0 Å². The number of fused-ring (bicyclic) bond motifs is 2. The monoisotopic (exact) mass is 380 g/mol. The third kappa shape index (κ3) is 2.95. The van der Waals surface area contributed by atoms with Crippen molar-refractivity contribution in [3.05, 3.63) is 54.0 Å². The van der Waals surface area contributed by atoms with E-state index in [1.54, 1.807) is 29.1 Å². The fourth-order valence-corrected chi connectivity index (χ4v) is 3.87. The molecule has 1 N–H and O–H groups in total. The van der Waals surface area contributed by atoms with E-state index in [2.05, 4.69) is 21.6 Å². The third-order valence-corrected chi connectivity index (χ3v) is 5.58. The molecule has 1 aromatic carbocycles. The Morgan fingerprint density at radius 2 is 2.00 bits per heavy atom. The van der Waals surface area contributed by atoms with Crippen LogP contribution in [0.4, 0.5) is 0 Å². The van der Waals surface area contributed by atoms with Crippen molar-refractivity contribution in [3.63, 3.8) is 0 Å². The standard InChI is InChI=1S/C20H20N4O4/c25-19(14-1-4-18-23-22-12-24(18)10-14)21-11-20(5-7-26-8-6-20)15-2-3-16-17(9-15)28-13-27-16/h1-4,9-10,12H,5-8,11,13H2,(H,21,25). The molecule has 0 unspecified atom stereocenters. The number of hydrogen-bond acceptors (Lipinski definition) is 6. The van der Waals surface area contributed by atoms with Gasteiger partial charge < -0.3 is 19.5 Å². The summed E-state index contributed by atoms with van der Waals surface area (Å²) in [5.41, 5.74) is 2.21. The highest BCUT2D eigenvalue weighted by molar-refractivity contribution is 5.94. The summed E-state index contributed by atoms with van der Waals surface area (Å²) < 4.78 is 18.3. The Labute approximate surface area is 161 Å². The average Bonchev–Trinajstić information content (AvgIpc) is 3.40. The van der Waals surface area contributed by atoms with Crippen molar-refractivity contribution in [2.24, 2.45) is 0 Å². The molecule has 1 amide bonds. The SMILES string of the molecule is O=C(NCC1(c2ccc3c(c2)OCO3)CCOCC1)c1ccc2nncn2c1. The van der Waals surface area contributed by atoms with Gasteiger partial charge in [-0.1, -0.05) is 6.07 Å². The van der Waals surface area contributed by atoms with Crippen LogP contribution in [-0.2, 0) is 10.2 Å². The van der Waals surface area contributed by atoms with Crippen molar-refractivity contribution in [2.75, 3.05) is 26.6 Å². The molecular weight excluding hydrogens is 360 g/mol. The second-order valence-corrected chi connectivity index (χ2v) is 7.16. The molecule has 2 aliphatic rings. The minimum absolute atomic E-state index is 0.123. The summed E-state index contributed by atoms with van der Waals surface area (Å²) in [5.74, 6) is 1.40. The Morgan fingerprint density at radius 3 is 2.89 bits per heavy atom. The third-order valence-electron chi connectivity index (χ3n) is 5.58. The van der Waals surface area contributed by atoms with Gasteiger partial charge in [0.1, 0.15) is 6.33 Å². The van der Waals surface area contributed by atoms with Crippen LogP contribution in [0.1, 0.15) is 28.8 Å². The van der Waals surface area contributed by atoms with E-state index in [0.717, 1.165) is 29.9 Å². The molecular formula is C20H20N4O4. The topological polar surface area (TPSA) is 87.0 Å². The van der Waals surface area contributed by atoms with Gasteiger partial charge in [-0.25, -0.2) is 0 Å². The van der Waals surface area contributed by atoms with Crippen LogP contribution in [0.5, 0.6) is 11.5 Å². The van der Waals surface area contributed by atoms with Crippen molar-refractivity contribution in [3.8, 4) is 11.5 Å². The lowest BCUT2D eigenvalue weighted by Gasteiger charge is -2.38. The zero-order valence-electron chi connectivity index (χ0n) is 15.3. The van der Waals surface area contributed by atoms with Crippen LogP contribution >= 0.6 is 0 Å². The molecule has 28 heavy (non-hydrogen) atoms. The minimum atomic E-state index is -0.199. The molecule has 0 radical (unpaired) electrons. The van der Waals surface area contributed by atoms with Crippen molar-refractivity contribution in [1.29, 1.82) is 0 Å².